The van der Waals surface area contributed by atoms with Gasteiger partial charge in [-0.25, -0.2) is 0 Å². The average Bonchev–Trinajstić information content (AvgIpc) is 2.28. The molecule has 0 aromatic heterocycles. The summed E-state index contributed by atoms with van der Waals surface area (Å²) in [6, 6.07) is 8.70. The SMILES string of the molecule is Cc1ccccc1CCC1CNCC(=O)N1. The number of hydrogen-bond acceptors (Lipinski definition) is 2. The Kier molecular flexibility index (Phi) is 3.57. The fourth-order valence-electron chi connectivity index (χ4n) is 2.08. The van der Waals surface area contributed by atoms with E-state index >= 15 is 0 Å². The van der Waals surface area contributed by atoms with E-state index in [1.807, 2.05) is 0 Å². The molecule has 0 bridgehead atoms. The van der Waals surface area contributed by atoms with Crippen LogP contribution in [0.15, 0.2) is 24.3 Å². The highest BCUT2D eigenvalue weighted by Crippen LogP contribution is 2.11. The first-order valence-electron chi connectivity index (χ1n) is 5.80. The lowest BCUT2D eigenvalue weighted by Crippen LogP contribution is -2.52. The lowest BCUT2D eigenvalue weighted by Gasteiger charge is -2.24. The summed E-state index contributed by atoms with van der Waals surface area (Å²) in [6.45, 7) is 3.48. The molecule has 1 atom stereocenters. The van der Waals surface area contributed by atoms with Crippen molar-refractivity contribution >= 4 is 5.91 Å². The molecule has 0 spiro atoms. The van der Waals surface area contributed by atoms with Gasteiger partial charge in [0, 0.05) is 12.6 Å². The van der Waals surface area contributed by atoms with Crippen LogP contribution in [0.3, 0.4) is 0 Å². The van der Waals surface area contributed by atoms with Crippen molar-refractivity contribution in [2.75, 3.05) is 13.1 Å². The van der Waals surface area contributed by atoms with Crippen molar-refractivity contribution in [1.82, 2.24) is 10.6 Å². The largest absolute Gasteiger partial charge is 0.351 e. The van der Waals surface area contributed by atoms with Crippen molar-refractivity contribution in [3.8, 4) is 0 Å². The second-order valence-electron chi connectivity index (χ2n) is 4.36. The second-order valence-corrected chi connectivity index (χ2v) is 4.36. The molecule has 1 aromatic rings. The molecule has 3 heteroatoms. The van der Waals surface area contributed by atoms with Crippen molar-refractivity contribution in [1.29, 1.82) is 0 Å². The first-order chi connectivity index (χ1) is 7.75. The van der Waals surface area contributed by atoms with Crippen LogP contribution in [0.4, 0.5) is 0 Å². The molecule has 0 radical (unpaired) electrons. The predicted octanol–water partition coefficient (Wildman–Crippen LogP) is 1.02. The molecular formula is C13H18N2O. The van der Waals surface area contributed by atoms with Crippen LogP contribution in [0.2, 0.25) is 0 Å². The number of nitrogens with one attached hydrogen (secondary N) is 2. The standard InChI is InChI=1S/C13H18N2O/c1-10-4-2-3-5-11(10)6-7-12-8-14-9-13(16)15-12/h2-5,12,14H,6-9H2,1H3,(H,15,16). The third-order valence-corrected chi connectivity index (χ3v) is 3.06. The summed E-state index contributed by atoms with van der Waals surface area (Å²) in [5, 5.41) is 6.13. The molecule has 1 fully saturated rings. The molecule has 16 heavy (non-hydrogen) atoms. The number of hydrogen-bond donors (Lipinski definition) is 2. The number of aryl methyl sites for hydroxylation is 2. The van der Waals surface area contributed by atoms with Gasteiger partial charge in [-0.2, -0.15) is 0 Å². The Bertz CT molecular complexity index is 376. The predicted molar refractivity (Wildman–Crippen MR) is 64.3 cm³/mol. The van der Waals surface area contributed by atoms with Gasteiger partial charge in [0.15, 0.2) is 0 Å². The summed E-state index contributed by atoms with van der Waals surface area (Å²) in [4.78, 5) is 11.2. The van der Waals surface area contributed by atoms with Crippen LogP contribution < -0.4 is 10.6 Å². The molecule has 0 aliphatic carbocycles. The summed E-state index contributed by atoms with van der Waals surface area (Å²) in [5.41, 5.74) is 2.71. The first-order valence-corrected chi connectivity index (χ1v) is 5.80. The summed E-state index contributed by atoms with van der Waals surface area (Å²) in [6.07, 6.45) is 2.03. The molecule has 1 aliphatic rings. The Morgan fingerprint density at radius 1 is 1.38 bits per heavy atom. The molecule has 2 rings (SSSR count). The van der Waals surface area contributed by atoms with Crippen molar-refractivity contribution < 1.29 is 4.79 Å². The molecule has 86 valence electrons. The van der Waals surface area contributed by atoms with Crippen LogP contribution in [-0.2, 0) is 11.2 Å². The van der Waals surface area contributed by atoms with Gasteiger partial charge in [-0.3, -0.25) is 4.79 Å². The summed E-state index contributed by atoms with van der Waals surface area (Å²) < 4.78 is 0. The molecule has 0 saturated carbocycles. The zero-order valence-corrected chi connectivity index (χ0v) is 9.62. The topological polar surface area (TPSA) is 41.1 Å². The van der Waals surface area contributed by atoms with Crippen LogP contribution in [-0.4, -0.2) is 25.0 Å². The number of carbonyl (C=O) groups is 1. The van der Waals surface area contributed by atoms with E-state index in [4.69, 9.17) is 0 Å². The molecule has 1 heterocycles. The van der Waals surface area contributed by atoms with Crippen molar-refractivity contribution in [2.45, 2.75) is 25.8 Å². The fourth-order valence-corrected chi connectivity index (χ4v) is 2.08. The van der Waals surface area contributed by atoms with E-state index in [0.717, 1.165) is 19.4 Å². The van der Waals surface area contributed by atoms with Crippen LogP contribution in [0.25, 0.3) is 0 Å². The van der Waals surface area contributed by atoms with E-state index in [2.05, 4.69) is 41.8 Å². The van der Waals surface area contributed by atoms with E-state index in [1.165, 1.54) is 11.1 Å². The van der Waals surface area contributed by atoms with E-state index in [-0.39, 0.29) is 11.9 Å². The Hall–Kier alpha value is -1.35. The maximum absolute atomic E-state index is 11.2. The monoisotopic (exact) mass is 218 g/mol. The van der Waals surface area contributed by atoms with E-state index in [0.29, 0.717) is 6.54 Å². The quantitative estimate of drug-likeness (QED) is 0.795. The Balaban J connectivity index is 1.87. The molecule has 1 unspecified atom stereocenters. The van der Waals surface area contributed by atoms with Gasteiger partial charge < -0.3 is 10.6 Å². The third-order valence-electron chi connectivity index (χ3n) is 3.06. The summed E-state index contributed by atoms with van der Waals surface area (Å²) in [5.74, 6) is 0.112. The second kappa shape index (κ2) is 5.12. The first kappa shape index (κ1) is 11.1. The minimum Gasteiger partial charge on any atom is -0.351 e. The highest BCUT2D eigenvalue weighted by molar-refractivity contribution is 5.79. The van der Waals surface area contributed by atoms with E-state index < -0.39 is 0 Å². The number of rotatable bonds is 3. The van der Waals surface area contributed by atoms with Gasteiger partial charge >= 0.3 is 0 Å². The van der Waals surface area contributed by atoms with Crippen LogP contribution in [0, 0.1) is 6.92 Å². The summed E-state index contributed by atoms with van der Waals surface area (Å²) in [7, 11) is 0. The lowest BCUT2D eigenvalue weighted by atomic mass is 10.0. The summed E-state index contributed by atoms with van der Waals surface area (Å²) >= 11 is 0. The number of piperazine rings is 1. The van der Waals surface area contributed by atoms with Gasteiger partial charge in [0.05, 0.1) is 6.54 Å². The van der Waals surface area contributed by atoms with Crippen molar-refractivity contribution in [2.24, 2.45) is 0 Å². The van der Waals surface area contributed by atoms with Gasteiger partial charge in [0.25, 0.3) is 0 Å². The van der Waals surface area contributed by atoms with Gasteiger partial charge in [-0.15, -0.1) is 0 Å². The Morgan fingerprint density at radius 3 is 2.94 bits per heavy atom. The average molecular weight is 218 g/mol. The minimum absolute atomic E-state index is 0.112. The van der Waals surface area contributed by atoms with Gasteiger partial charge in [0.1, 0.15) is 0 Å². The van der Waals surface area contributed by atoms with Gasteiger partial charge in [-0.1, -0.05) is 24.3 Å². The van der Waals surface area contributed by atoms with Crippen LogP contribution in [0.5, 0.6) is 0 Å². The normalized spacial score (nSPS) is 20.6. The zero-order valence-electron chi connectivity index (χ0n) is 9.62. The number of carbonyl (C=O) groups excluding carboxylic acids is 1. The minimum atomic E-state index is 0.112. The molecule has 1 aromatic carbocycles. The molecule has 1 aliphatic heterocycles. The van der Waals surface area contributed by atoms with Crippen molar-refractivity contribution in [3.05, 3.63) is 35.4 Å². The highest BCUT2D eigenvalue weighted by atomic mass is 16.2. The lowest BCUT2D eigenvalue weighted by molar-refractivity contribution is -0.122. The smallest absolute Gasteiger partial charge is 0.234 e. The van der Waals surface area contributed by atoms with Crippen LogP contribution in [0.1, 0.15) is 17.5 Å². The number of amides is 1. The molecule has 2 N–H and O–H groups in total. The van der Waals surface area contributed by atoms with Crippen molar-refractivity contribution in [3.63, 3.8) is 0 Å². The number of benzene rings is 1. The molecule has 1 saturated heterocycles. The maximum Gasteiger partial charge on any atom is 0.234 e. The van der Waals surface area contributed by atoms with E-state index in [1.54, 1.807) is 0 Å². The third kappa shape index (κ3) is 2.83. The van der Waals surface area contributed by atoms with Gasteiger partial charge in [-0.05, 0) is 30.9 Å². The molecule has 3 nitrogen and oxygen atoms in total. The zero-order chi connectivity index (χ0) is 11.4. The molecular weight excluding hydrogens is 200 g/mol. The Morgan fingerprint density at radius 2 is 2.19 bits per heavy atom. The highest BCUT2D eigenvalue weighted by Gasteiger charge is 2.17. The fraction of sp³-hybridized carbons (Fsp3) is 0.462. The maximum atomic E-state index is 11.2. The van der Waals surface area contributed by atoms with Crippen LogP contribution >= 0.6 is 0 Å². The van der Waals surface area contributed by atoms with E-state index in [9.17, 15) is 4.79 Å². The molecule has 1 amide bonds. The van der Waals surface area contributed by atoms with Gasteiger partial charge in [0.2, 0.25) is 5.91 Å². The Labute approximate surface area is 96.2 Å².